The Morgan fingerprint density at radius 1 is 1.15 bits per heavy atom. The monoisotopic (exact) mass is 361 g/mol. The van der Waals surface area contributed by atoms with E-state index in [0.29, 0.717) is 13.1 Å². The molecule has 1 atom stereocenters. The molecule has 2 aromatic carbocycles. The van der Waals surface area contributed by atoms with Crippen LogP contribution in [0.4, 0.5) is 9.18 Å². The van der Waals surface area contributed by atoms with Gasteiger partial charge in [-0.15, -0.1) is 0 Å². The molecular weight excluding hydrogens is 337 g/mol. The Labute approximate surface area is 152 Å². The van der Waals surface area contributed by atoms with Gasteiger partial charge in [0.2, 0.25) is 0 Å². The Balaban J connectivity index is 1.93. The third kappa shape index (κ3) is 6.34. The zero-order valence-corrected chi connectivity index (χ0v) is 14.7. The maximum absolute atomic E-state index is 13.7. The van der Waals surface area contributed by atoms with Crippen molar-refractivity contribution in [3.05, 3.63) is 66.0 Å². The van der Waals surface area contributed by atoms with Crippen LogP contribution in [0.25, 0.3) is 0 Å². The Kier molecular flexibility index (Phi) is 7.37. The van der Waals surface area contributed by atoms with Gasteiger partial charge in [0.05, 0.1) is 0 Å². The number of likely N-dealkylation sites (N-methyl/N-ethyl adjacent to an activating group) is 1. The maximum atomic E-state index is 13.7. The minimum absolute atomic E-state index is 0.00826. The number of ether oxygens (including phenoxy) is 1. The molecule has 0 saturated heterocycles. The quantitative estimate of drug-likeness (QED) is 0.515. The van der Waals surface area contributed by atoms with Gasteiger partial charge in [-0.1, -0.05) is 49.4 Å². The fourth-order valence-corrected chi connectivity index (χ4v) is 2.26. The number of hydrogen-bond donors (Lipinski definition) is 4. The van der Waals surface area contributed by atoms with Crippen LogP contribution < -0.4 is 20.7 Å². The molecule has 2 rings (SSSR count). The molecule has 0 radical (unpaired) electrons. The minimum atomic E-state index is -1.70. The second-order valence-electron chi connectivity index (χ2n) is 5.82. The number of halogens is 1. The first-order valence-electron chi connectivity index (χ1n) is 8.43. The van der Waals surface area contributed by atoms with Gasteiger partial charge in [0.1, 0.15) is 6.61 Å². The van der Waals surface area contributed by atoms with Gasteiger partial charge in [-0.25, -0.2) is 9.18 Å². The highest BCUT2D eigenvalue weighted by Crippen LogP contribution is 2.16. The van der Waals surface area contributed by atoms with Crippen molar-refractivity contribution in [3.8, 4) is 5.75 Å². The first kappa shape index (κ1) is 19.7. The lowest BCUT2D eigenvalue weighted by atomic mass is 10.2. The van der Waals surface area contributed by atoms with E-state index in [1.807, 2.05) is 37.3 Å². The summed E-state index contributed by atoms with van der Waals surface area (Å²) >= 11 is 0. The van der Waals surface area contributed by atoms with E-state index in [1.165, 1.54) is 12.1 Å². The normalized spacial score (nSPS) is 12.9. The zero-order valence-electron chi connectivity index (χ0n) is 14.7. The Bertz CT molecular complexity index is 699. The first-order valence-corrected chi connectivity index (χ1v) is 8.43. The van der Waals surface area contributed by atoms with Crippen molar-refractivity contribution in [1.29, 1.82) is 0 Å². The summed E-state index contributed by atoms with van der Waals surface area (Å²) in [6.45, 7) is 2.53. The lowest BCUT2D eigenvalue weighted by molar-refractivity contribution is -0.0233. The van der Waals surface area contributed by atoms with Gasteiger partial charge < -0.3 is 25.8 Å². The summed E-state index contributed by atoms with van der Waals surface area (Å²) in [6, 6.07) is 14.7. The Morgan fingerprint density at radius 3 is 2.54 bits per heavy atom. The molecule has 0 aliphatic rings. The number of benzene rings is 2. The largest absolute Gasteiger partial charge is 0.485 e. The van der Waals surface area contributed by atoms with E-state index in [0.717, 1.165) is 5.56 Å². The van der Waals surface area contributed by atoms with Gasteiger partial charge in [0.15, 0.2) is 17.3 Å². The standard InChI is InChI=1S/C19H24FN3O3/c1-2-21-13-19(25,14-26-17-11-7-6-10-16(17)20)23-18(24)22-12-15-8-4-3-5-9-15/h3-11,21,25H,2,12-14H2,1H3,(H2,22,23,24). The third-order valence-corrected chi connectivity index (χ3v) is 3.61. The lowest BCUT2D eigenvalue weighted by Gasteiger charge is -2.29. The summed E-state index contributed by atoms with van der Waals surface area (Å²) in [4.78, 5) is 12.1. The molecule has 0 fully saturated rings. The summed E-state index contributed by atoms with van der Waals surface area (Å²) in [5.74, 6) is -0.527. The number of carbonyl (C=O) groups is 1. The highest BCUT2D eigenvalue weighted by Gasteiger charge is 2.30. The van der Waals surface area contributed by atoms with Crippen molar-refractivity contribution in [2.75, 3.05) is 19.7 Å². The molecule has 26 heavy (non-hydrogen) atoms. The number of carbonyl (C=O) groups excluding carboxylic acids is 1. The molecule has 0 bridgehead atoms. The smallest absolute Gasteiger partial charge is 0.317 e. The van der Waals surface area contributed by atoms with Crippen molar-refractivity contribution in [3.63, 3.8) is 0 Å². The van der Waals surface area contributed by atoms with Gasteiger partial charge in [-0.05, 0) is 24.2 Å². The van der Waals surface area contributed by atoms with Crippen LogP contribution in [0.15, 0.2) is 54.6 Å². The number of para-hydroxylation sites is 1. The van der Waals surface area contributed by atoms with Gasteiger partial charge in [0.25, 0.3) is 0 Å². The molecule has 0 saturated carbocycles. The van der Waals surface area contributed by atoms with Crippen LogP contribution in [0, 0.1) is 5.82 Å². The van der Waals surface area contributed by atoms with Crippen LogP contribution in [0.2, 0.25) is 0 Å². The fourth-order valence-electron chi connectivity index (χ4n) is 2.26. The molecule has 1 unspecified atom stereocenters. The molecule has 0 heterocycles. The molecule has 2 aromatic rings. The van der Waals surface area contributed by atoms with Crippen molar-refractivity contribution >= 4 is 6.03 Å². The van der Waals surface area contributed by atoms with Gasteiger partial charge in [-0.2, -0.15) is 0 Å². The van der Waals surface area contributed by atoms with E-state index in [1.54, 1.807) is 12.1 Å². The number of rotatable bonds is 9. The highest BCUT2D eigenvalue weighted by atomic mass is 19.1. The van der Waals surface area contributed by atoms with Crippen molar-refractivity contribution in [2.45, 2.75) is 19.2 Å². The highest BCUT2D eigenvalue weighted by molar-refractivity contribution is 5.74. The molecule has 7 heteroatoms. The van der Waals surface area contributed by atoms with E-state index in [-0.39, 0.29) is 18.9 Å². The molecule has 140 valence electrons. The number of hydrogen-bond acceptors (Lipinski definition) is 4. The minimum Gasteiger partial charge on any atom is -0.485 e. The van der Waals surface area contributed by atoms with Gasteiger partial charge >= 0.3 is 6.03 Å². The van der Waals surface area contributed by atoms with Crippen LogP contribution in [-0.4, -0.2) is 36.6 Å². The molecule has 0 aromatic heterocycles. The molecule has 0 aliphatic carbocycles. The Morgan fingerprint density at radius 2 is 1.85 bits per heavy atom. The van der Waals surface area contributed by atoms with Gasteiger partial charge in [-0.3, -0.25) is 0 Å². The van der Waals surface area contributed by atoms with Crippen molar-refractivity contribution in [2.24, 2.45) is 0 Å². The second kappa shape index (κ2) is 9.74. The van der Waals surface area contributed by atoms with Crippen LogP contribution in [0.3, 0.4) is 0 Å². The topological polar surface area (TPSA) is 82.6 Å². The average molecular weight is 361 g/mol. The summed E-state index contributed by atoms with van der Waals surface area (Å²) in [7, 11) is 0. The number of aliphatic hydroxyl groups is 1. The predicted molar refractivity (Wildman–Crippen MR) is 97.2 cm³/mol. The molecule has 4 N–H and O–H groups in total. The van der Waals surface area contributed by atoms with Crippen LogP contribution in [0.1, 0.15) is 12.5 Å². The van der Waals surface area contributed by atoms with E-state index in [4.69, 9.17) is 4.74 Å². The third-order valence-electron chi connectivity index (χ3n) is 3.61. The number of nitrogens with one attached hydrogen (secondary N) is 3. The summed E-state index contributed by atoms with van der Waals surface area (Å²) in [6.07, 6.45) is 0. The molecule has 0 aliphatic heterocycles. The van der Waals surface area contributed by atoms with E-state index in [2.05, 4.69) is 16.0 Å². The molecule has 2 amide bonds. The van der Waals surface area contributed by atoms with Crippen LogP contribution in [-0.2, 0) is 6.54 Å². The summed E-state index contributed by atoms with van der Waals surface area (Å²) in [5, 5.41) is 18.8. The molecule has 0 spiro atoms. The zero-order chi connectivity index (χ0) is 18.8. The van der Waals surface area contributed by atoms with E-state index < -0.39 is 17.6 Å². The summed E-state index contributed by atoms with van der Waals surface area (Å²) in [5.41, 5.74) is -0.764. The van der Waals surface area contributed by atoms with E-state index in [9.17, 15) is 14.3 Å². The SMILES string of the molecule is CCNCC(O)(COc1ccccc1F)NC(=O)NCc1ccccc1. The fraction of sp³-hybridized carbons (Fsp3) is 0.316. The number of amides is 2. The molecular formula is C19H24FN3O3. The van der Waals surface area contributed by atoms with Crippen LogP contribution >= 0.6 is 0 Å². The van der Waals surface area contributed by atoms with Gasteiger partial charge in [0, 0.05) is 13.1 Å². The maximum Gasteiger partial charge on any atom is 0.317 e. The van der Waals surface area contributed by atoms with Crippen molar-refractivity contribution < 1.29 is 19.0 Å². The average Bonchev–Trinajstić information content (AvgIpc) is 2.65. The summed E-state index contributed by atoms with van der Waals surface area (Å²) < 4.78 is 19.0. The van der Waals surface area contributed by atoms with Crippen molar-refractivity contribution in [1.82, 2.24) is 16.0 Å². The lowest BCUT2D eigenvalue weighted by Crippen LogP contribution is -2.60. The Hall–Kier alpha value is -2.64. The second-order valence-corrected chi connectivity index (χ2v) is 5.82. The predicted octanol–water partition coefficient (Wildman–Crippen LogP) is 2.00. The number of urea groups is 1. The van der Waals surface area contributed by atoms with Crippen LogP contribution in [0.5, 0.6) is 5.75 Å². The van der Waals surface area contributed by atoms with E-state index >= 15 is 0 Å². The molecule has 6 nitrogen and oxygen atoms in total. The first-order chi connectivity index (χ1) is 12.5.